The van der Waals surface area contributed by atoms with Crippen LogP contribution in [0.2, 0.25) is 0 Å². The number of carbonyl (C=O) groups is 1. The Morgan fingerprint density at radius 1 is 1.07 bits per heavy atom. The molecule has 12 heteroatoms. The van der Waals surface area contributed by atoms with Crippen molar-refractivity contribution in [1.29, 1.82) is 0 Å². The van der Waals surface area contributed by atoms with Gasteiger partial charge in [-0.2, -0.15) is 18.2 Å². The second kappa shape index (κ2) is 10.7. The van der Waals surface area contributed by atoms with Gasteiger partial charge < -0.3 is 20.3 Å². The van der Waals surface area contributed by atoms with E-state index in [1.54, 1.807) is 16.7 Å². The highest BCUT2D eigenvalue weighted by atomic mass is 19.4. The first-order chi connectivity index (χ1) is 19.0. The van der Waals surface area contributed by atoms with Crippen molar-refractivity contribution in [1.82, 2.24) is 19.5 Å². The van der Waals surface area contributed by atoms with Crippen LogP contribution in [0.1, 0.15) is 66.5 Å². The second-order valence-electron chi connectivity index (χ2n) is 10.1. The Balaban J connectivity index is 1.61. The van der Waals surface area contributed by atoms with Gasteiger partial charge in [-0.15, -0.1) is 0 Å². The zero-order chi connectivity index (χ0) is 28.6. The first-order valence-electron chi connectivity index (χ1n) is 13.0. The number of fused-ring (bicyclic) bond motifs is 1. The van der Waals surface area contributed by atoms with Gasteiger partial charge in [0.1, 0.15) is 11.3 Å². The fourth-order valence-electron chi connectivity index (χ4n) is 4.80. The van der Waals surface area contributed by atoms with Crippen LogP contribution in [0.25, 0.3) is 11.2 Å². The van der Waals surface area contributed by atoms with E-state index >= 15 is 0 Å². The van der Waals surface area contributed by atoms with Gasteiger partial charge in [0.15, 0.2) is 11.5 Å². The van der Waals surface area contributed by atoms with Gasteiger partial charge in [-0.05, 0) is 68.0 Å². The van der Waals surface area contributed by atoms with E-state index in [0.717, 1.165) is 31.4 Å². The van der Waals surface area contributed by atoms with Gasteiger partial charge >= 0.3 is 12.1 Å². The van der Waals surface area contributed by atoms with Gasteiger partial charge in [0.2, 0.25) is 11.8 Å². The highest BCUT2D eigenvalue weighted by Gasteiger charge is 2.30. The maximum Gasteiger partial charge on any atom is 0.416 e. The Bertz CT molecular complexity index is 1530. The zero-order valence-electron chi connectivity index (χ0n) is 21.8. The number of imidazole rings is 1. The molecule has 40 heavy (non-hydrogen) atoms. The van der Waals surface area contributed by atoms with Gasteiger partial charge in [-0.3, -0.25) is 0 Å². The number of nitrogens with zero attached hydrogens (tertiary/aromatic N) is 4. The van der Waals surface area contributed by atoms with Gasteiger partial charge in [0.05, 0.1) is 18.2 Å². The van der Waals surface area contributed by atoms with E-state index in [1.807, 2.05) is 13.8 Å². The molecule has 2 aromatic carbocycles. The summed E-state index contributed by atoms with van der Waals surface area (Å²) in [4.78, 5) is 24.8. The van der Waals surface area contributed by atoms with Crippen LogP contribution in [0, 0.1) is 11.7 Å². The van der Waals surface area contributed by atoms with Crippen molar-refractivity contribution in [3.8, 4) is 0 Å². The molecule has 0 saturated heterocycles. The molecular weight excluding hydrogens is 528 g/mol. The number of carboxylic acid groups (broad SMARTS) is 1. The molecule has 0 unspecified atom stereocenters. The normalized spacial score (nSPS) is 15.4. The molecule has 1 fully saturated rings. The summed E-state index contributed by atoms with van der Waals surface area (Å²) in [5.74, 6) is -1.20. The van der Waals surface area contributed by atoms with Crippen molar-refractivity contribution < 1.29 is 27.5 Å². The number of nitrogens with one attached hydrogen (secondary N) is 2. The van der Waals surface area contributed by atoms with Crippen LogP contribution in [0.4, 0.5) is 29.3 Å². The number of aromatic carboxylic acids is 1. The summed E-state index contributed by atoms with van der Waals surface area (Å²) in [6, 6.07) is 10.4. The van der Waals surface area contributed by atoms with Crippen LogP contribution in [0.5, 0.6) is 0 Å². The number of rotatable bonds is 9. The number of hydrogen-bond acceptors (Lipinski definition) is 6. The molecule has 1 aliphatic rings. The first-order valence-corrected chi connectivity index (χ1v) is 13.0. The van der Waals surface area contributed by atoms with Crippen molar-refractivity contribution in [3.63, 3.8) is 0 Å². The van der Waals surface area contributed by atoms with E-state index in [-0.39, 0.29) is 30.0 Å². The standard InChI is InChI=1S/C28H28F4N6O2/c1-15(18-5-3-6-18)33-23-22-24(36-25(35-23)26(39)40)37-27(34-16(2)19-7-4-8-21(29)13-19)38(22)14-17-9-11-20(12-10-17)28(30,31)32/h4,7-13,15-16,18H,3,5-6,14H2,1-2H3,(H,39,40)(H2,33,34,35,36,37)/t15-,16+/m1/s1. The zero-order valence-corrected chi connectivity index (χ0v) is 21.8. The van der Waals surface area contributed by atoms with E-state index in [2.05, 4.69) is 25.6 Å². The molecule has 2 atom stereocenters. The topological polar surface area (TPSA) is 105 Å². The Morgan fingerprint density at radius 2 is 1.80 bits per heavy atom. The number of aromatic nitrogens is 4. The summed E-state index contributed by atoms with van der Waals surface area (Å²) in [7, 11) is 0. The third kappa shape index (κ3) is 5.70. The third-order valence-corrected chi connectivity index (χ3v) is 7.33. The number of anilines is 2. The van der Waals surface area contributed by atoms with E-state index in [1.165, 1.54) is 24.3 Å². The molecule has 0 bridgehead atoms. The largest absolute Gasteiger partial charge is 0.475 e. The summed E-state index contributed by atoms with van der Waals surface area (Å²) < 4.78 is 55.1. The minimum absolute atomic E-state index is 0.00876. The van der Waals surface area contributed by atoms with Crippen molar-refractivity contribution in [3.05, 3.63) is 76.9 Å². The third-order valence-electron chi connectivity index (χ3n) is 7.33. The highest BCUT2D eigenvalue weighted by Crippen LogP contribution is 2.34. The molecule has 0 aliphatic heterocycles. The average Bonchev–Trinajstić information content (AvgIpc) is 3.19. The van der Waals surface area contributed by atoms with Crippen LogP contribution < -0.4 is 10.6 Å². The van der Waals surface area contributed by atoms with Crippen LogP contribution in [0.3, 0.4) is 0 Å². The smallest absolute Gasteiger partial charge is 0.416 e. The van der Waals surface area contributed by atoms with Crippen molar-refractivity contribution >= 4 is 28.9 Å². The molecule has 0 amide bonds. The minimum Gasteiger partial charge on any atom is -0.475 e. The van der Waals surface area contributed by atoms with Crippen LogP contribution in [-0.4, -0.2) is 36.6 Å². The fraction of sp³-hybridized carbons (Fsp3) is 0.357. The van der Waals surface area contributed by atoms with Crippen molar-refractivity contribution in [2.24, 2.45) is 5.92 Å². The summed E-state index contributed by atoms with van der Waals surface area (Å²) in [5, 5.41) is 16.2. The number of hydrogen-bond donors (Lipinski definition) is 3. The van der Waals surface area contributed by atoms with E-state index < -0.39 is 35.4 Å². The Morgan fingerprint density at radius 3 is 2.40 bits per heavy atom. The summed E-state index contributed by atoms with van der Waals surface area (Å²) in [6.07, 6.45) is -1.27. The lowest BCUT2D eigenvalue weighted by atomic mass is 9.80. The quantitative estimate of drug-likeness (QED) is 0.202. The van der Waals surface area contributed by atoms with Crippen molar-refractivity contribution in [2.75, 3.05) is 10.6 Å². The number of carboxylic acids is 1. The molecule has 0 radical (unpaired) electrons. The second-order valence-corrected chi connectivity index (χ2v) is 10.1. The first kappa shape index (κ1) is 27.4. The molecule has 5 rings (SSSR count). The minimum atomic E-state index is -4.47. The molecule has 0 spiro atoms. The van der Waals surface area contributed by atoms with Gasteiger partial charge in [0.25, 0.3) is 0 Å². The predicted molar refractivity (Wildman–Crippen MR) is 142 cm³/mol. The molecule has 8 nitrogen and oxygen atoms in total. The summed E-state index contributed by atoms with van der Waals surface area (Å²) >= 11 is 0. The van der Waals surface area contributed by atoms with E-state index in [0.29, 0.717) is 22.6 Å². The number of benzene rings is 2. The van der Waals surface area contributed by atoms with E-state index in [9.17, 15) is 27.5 Å². The Labute approximate surface area is 227 Å². The SMILES string of the molecule is C[C@H](Nc1nc2nc(C(=O)O)nc(N[C@H](C)C3CCC3)c2n1Cc1ccc(C(F)(F)F)cc1)c1cccc(F)c1. The van der Waals surface area contributed by atoms with Gasteiger partial charge in [0, 0.05) is 6.04 Å². The lowest BCUT2D eigenvalue weighted by Gasteiger charge is -2.32. The Hall–Kier alpha value is -4.22. The highest BCUT2D eigenvalue weighted by molar-refractivity contribution is 5.91. The predicted octanol–water partition coefficient (Wildman–Crippen LogP) is 6.50. The molecule has 2 heterocycles. The number of halogens is 4. The molecule has 4 aromatic rings. The van der Waals surface area contributed by atoms with Gasteiger partial charge in [-0.1, -0.05) is 30.7 Å². The lowest BCUT2D eigenvalue weighted by molar-refractivity contribution is -0.137. The summed E-state index contributed by atoms with van der Waals surface area (Å²) in [5.41, 5.74) is 0.939. The van der Waals surface area contributed by atoms with Crippen LogP contribution >= 0.6 is 0 Å². The maximum atomic E-state index is 13.9. The maximum absolute atomic E-state index is 13.9. The van der Waals surface area contributed by atoms with E-state index in [4.69, 9.17) is 0 Å². The molecule has 1 aliphatic carbocycles. The molecule has 3 N–H and O–H groups in total. The monoisotopic (exact) mass is 556 g/mol. The molecule has 2 aromatic heterocycles. The molecule has 210 valence electrons. The van der Waals surface area contributed by atoms with Crippen LogP contribution in [0.15, 0.2) is 48.5 Å². The molecular formula is C28H28F4N6O2. The average molecular weight is 557 g/mol. The van der Waals surface area contributed by atoms with Crippen LogP contribution in [-0.2, 0) is 12.7 Å². The molecule has 1 saturated carbocycles. The fourth-order valence-corrected chi connectivity index (χ4v) is 4.80. The van der Waals surface area contributed by atoms with Crippen molar-refractivity contribution in [2.45, 2.75) is 57.9 Å². The van der Waals surface area contributed by atoms with Gasteiger partial charge in [-0.25, -0.2) is 19.2 Å². The Kier molecular flexibility index (Phi) is 7.35. The summed E-state index contributed by atoms with van der Waals surface area (Å²) in [6.45, 7) is 3.90. The number of alkyl halides is 3. The lowest BCUT2D eigenvalue weighted by Crippen LogP contribution is -2.31.